The van der Waals surface area contributed by atoms with Gasteiger partial charge in [0.2, 0.25) is 0 Å². The third-order valence-electron chi connectivity index (χ3n) is 4.16. The van der Waals surface area contributed by atoms with Crippen LogP contribution in [-0.2, 0) is 11.2 Å². The molecule has 1 aromatic carbocycles. The summed E-state index contributed by atoms with van der Waals surface area (Å²) in [6.45, 7) is 4.81. The lowest BCUT2D eigenvalue weighted by Crippen LogP contribution is -2.42. The molecule has 1 N–H and O–H groups in total. The molecule has 0 spiro atoms. The molecule has 4 nitrogen and oxygen atoms in total. The van der Waals surface area contributed by atoms with E-state index in [1.807, 2.05) is 12.1 Å². The van der Waals surface area contributed by atoms with Gasteiger partial charge >= 0.3 is 5.97 Å². The quantitative estimate of drug-likeness (QED) is 0.875. The van der Waals surface area contributed by atoms with E-state index in [2.05, 4.69) is 24.0 Å². The first-order valence-electron chi connectivity index (χ1n) is 7.66. The molecule has 0 radical (unpaired) electrons. The second-order valence-corrected chi connectivity index (χ2v) is 6.09. The summed E-state index contributed by atoms with van der Waals surface area (Å²) < 4.78 is 5.23. The molecule has 0 aliphatic carbocycles. The van der Waals surface area contributed by atoms with Gasteiger partial charge in [-0.15, -0.1) is 0 Å². The summed E-state index contributed by atoms with van der Waals surface area (Å²) in [7, 11) is 1.68. The fourth-order valence-corrected chi connectivity index (χ4v) is 3.16. The third-order valence-corrected chi connectivity index (χ3v) is 4.16. The van der Waals surface area contributed by atoms with Gasteiger partial charge in [0.05, 0.1) is 13.0 Å². The highest BCUT2D eigenvalue weighted by Gasteiger charge is 2.28. The maximum atomic E-state index is 11.2. The fourth-order valence-electron chi connectivity index (χ4n) is 3.16. The van der Waals surface area contributed by atoms with E-state index in [-0.39, 0.29) is 5.92 Å². The van der Waals surface area contributed by atoms with Crippen molar-refractivity contribution in [3.63, 3.8) is 0 Å². The average Bonchev–Trinajstić information content (AvgIpc) is 2.47. The number of aliphatic carboxylic acids is 1. The number of piperidine rings is 1. The first-order chi connectivity index (χ1) is 10.1. The van der Waals surface area contributed by atoms with Crippen LogP contribution in [0.25, 0.3) is 0 Å². The number of ether oxygens (including phenoxy) is 1. The Balaban J connectivity index is 1.80. The van der Waals surface area contributed by atoms with E-state index in [0.29, 0.717) is 12.5 Å². The summed E-state index contributed by atoms with van der Waals surface area (Å²) in [5, 5.41) is 9.19. The summed E-state index contributed by atoms with van der Waals surface area (Å²) in [5.74, 6) is 0.506. The van der Waals surface area contributed by atoms with Gasteiger partial charge in [-0.3, -0.25) is 4.79 Å². The Bertz CT molecular complexity index is 475. The van der Waals surface area contributed by atoms with Crippen LogP contribution in [0, 0.1) is 11.8 Å². The monoisotopic (exact) mass is 291 g/mol. The van der Waals surface area contributed by atoms with Gasteiger partial charge in [0.25, 0.3) is 0 Å². The predicted octanol–water partition coefficient (Wildman–Crippen LogP) is 2.67. The number of carboxylic acid groups (broad SMARTS) is 1. The first kappa shape index (κ1) is 15.8. The Hall–Kier alpha value is -1.55. The standard InChI is InChI=1S/C17H25NO3/c1-13-9-15(17(19)20)12-18(11-13)8-4-6-14-5-3-7-16(10-14)21-2/h3,5,7,10,13,15H,4,6,8-9,11-12H2,1-2H3,(H,19,20). The largest absolute Gasteiger partial charge is 0.497 e. The molecule has 4 heteroatoms. The number of benzene rings is 1. The second-order valence-electron chi connectivity index (χ2n) is 6.09. The molecular weight excluding hydrogens is 266 g/mol. The molecule has 1 heterocycles. The molecule has 1 aliphatic rings. The Morgan fingerprint density at radius 2 is 2.24 bits per heavy atom. The van der Waals surface area contributed by atoms with Crippen LogP contribution in [0.2, 0.25) is 0 Å². The minimum atomic E-state index is -0.653. The van der Waals surface area contributed by atoms with Crippen LogP contribution in [0.3, 0.4) is 0 Å². The van der Waals surface area contributed by atoms with Gasteiger partial charge in [-0.2, -0.15) is 0 Å². The van der Waals surface area contributed by atoms with Gasteiger partial charge in [-0.1, -0.05) is 19.1 Å². The minimum Gasteiger partial charge on any atom is -0.497 e. The van der Waals surface area contributed by atoms with Crippen molar-refractivity contribution < 1.29 is 14.6 Å². The number of hydrogen-bond acceptors (Lipinski definition) is 3. The van der Waals surface area contributed by atoms with Crippen molar-refractivity contribution in [2.24, 2.45) is 11.8 Å². The summed E-state index contributed by atoms with van der Waals surface area (Å²) in [5.41, 5.74) is 1.27. The molecule has 0 aromatic heterocycles. The maximum Gasteiger partial charge on any atom is 0.307 e. The molecule has 0 amide bonds. The molecule has 1 saturated heterocycles. The summed E-state index contributed by atoms with van der Waals surface area (Å²) in [6, 6.07) is 8.14. The Labute approximate surface area is 126 Å². The SMILES string of the molecule is COc1cccc(CCCN2CC(C)CC(C(=O)O)C2)c1. The molecular formula is C17H25NO3. The third kappa shape index (κ3) is 4.74. The van der Waals surface area contributed by atoms with Crippen LogP contribution in [0.4, 0.5) is 0 Å². The average molecular weight is 291 g/mol. The number of methoxy groups -OCH3 is 1. The summed E-state index contributed by atoms with van der Waals surface area (Å²) >= 11 is 0. The molecule has 2 rings (SSSR count). The van der Waals surface area contributed by atoms with Gasteiger partial charge < -0.3 is 14.7 Å². The first-order valence-corrected chi connectivity index (χ1v) is 7.66. The van der Waals surface area contributed by atoms with Crippen LogP contribution in [0.5, 0.6) is 5.75 Å². The Morgan fingerprint density at radius 1 is 1.43 bits per heavy atom. The molecule has 2 unspecified atom stereocenters. The van der Waals surface area contributed by atoms with E-state index in [1.165, 1.54) is 5.56 Å². The minimum absolute atomic E-state index is 0.203. The van der Waals surface area contributed by atoms with Gasteiger partial charge in [0.15, 0.2) is 0 Å². The van der Waals surface area contributed by atoms with Crippen molar-refractivity contribution >= 4 is 5.97 Å². The highest BCUT2D eigenvalue weighted by atomic mass is 16.5. The van der Waals surface area contributed by atoms with E-state index < -0.39 is 5.97 Å². The Kier molecular flexibility index (Phi) is 5.62. The summed E-state index contributed by atoms with van der Waals surface area (Å²) in [4.78, 5) is 13.5. The lowest BCUT2D eigenvalue weighted by atomic mass is 9.90. The Morgan fingerprint density at radius 3 is 2.95 bits per heavy atom. The molecule has 21 heavy (non-hydrogen) atoms. The van der Waals surface area contributed by atoms with Gasteiger partial charge in [-0.05, 0) is 49.4 Å². The number of hydrogen-bond donors (Lipinski definition) is 1. The van der Waals surface area contributed by atoms with E-state index in [0.717, 1.165) is 38.1 Å². The molecule has 0 bridgehead atoms. The van der Waals surface area contributed by atoms with Crippen LogP contribution >= 0.6 is 0 Å². The van der Waals surface area contributed by atoms with E-state index in [9.17, 15) is 9.90 Å². The number of nitrogens with zero attached hydrogens (tertiary/aromatic N) is 1. The fraction of sp³-hybridized carbons (Fsp3) is 0.588. The summed E-state index contributed by atoms with van der Waals surface area (Å²) in [6.07, 6.45) is 2.85. The van der Waals surface area contributed by atoms with Crippen LogP contribution < -0.4 is 4.74 Å². The molecule has 1 fully saturated rings. The smallest absolute Gasteiger partial charge is 0.307 e. The van der Waals surface area contributed by atoms with Crippen LogP contribution in [0.1, 0.15) is 25.3 Å². The van der Waals surface area contributed by atoms with Crippen LogP contribution in [0.15, 0.2) is 24.3 Å². The number of likely N-dealkylation sites (tertiary alicyclic amines) is 1. The zero-order valence-electron chi connectivity index (χ0n) is 12.9. The van der Waals surface area contributed by atoms with E-state index in [4.69, 9.17) is 4.74 Å². The van der Waals surface area contributed by atoms with Crippen molar-refractivity contribution in [1.82, 2.24) is 4.90 Å². The van der Waals surface area contributed by atoms with Crippen molar-refractivity contribution in [1.29, 1.82) is 0 Å². The maximum absolute atomic E-state index is 11.2. The number of carbonyl (C=O) groups is 1. The van der Waals surface area contributed by atoms with Crippen molar-refractivity contribution in [3.05, 3.63) is 29.8 Å². The van der Waals surface area contributed by atoms with Crippen molar-refractivity contribution in [3.8, 4) is 5.75 Å². The van der Waals surface area contributed by atoms with E-state index in [1.54, 1.807) is 7.11 Å². The van der Waals surface area contributed by atoms with E-state index >= 15 is 0 Å². The van der Waals surface area contributed by atoms with Crippen molar-refractivity contribution in [2.75, 3.05) is 26.7 Å². The normalized spacial score (nSPS) is 23.0. The molecule has 116 valence electrons. The highest BCUT2D eigenvalue weighted by molar-refractivity contribution is 5.70. The lowest BCUT2D eigenvalue weighted by Gasteiger charge is -2.34. The predicted molar refractivity (Wildman–Crippen MR) is 82.7 cm³/mol. The second kappa shape index (κ2) is 7.46. The molecule has 2 atom stereocenters. The lowest BCUT2D eigenvalue weighted by molar-refractivity contribution is -0.144. The molecule has 1 aromatic rings. The number of rotatable bonds is 6. The highest BCUT2D eigenvalue weighted by Crippen LogP contribution is 2.22. The molecule has 0 saturated carbocycles. The van der Waals surface area contributed by atoms with Crippen LogP contribution in [-0.4, -0.2) is 42.7 Å². The van der Waals surface area contributed by atoms with Gasteiger partial charge in [0.1, 0.15) is 5.75 Å². The number of aryl methyl sites for hydroxylation is 1. The zero-order chi connectivity index (χ0) is 15.2. The number of carboxylic acids is 1. The zero-order valence-corrected chi connectivity index (χ0v) is 12.9. The topological polar surface area (TPSA) is 49.8 Å². The van der Waals surface area contributed by atoms with Gasteiger partial charge in [0, 0.05) is 13.1 Å². The van der Waals surface area contributed by atoms with Gasteiger partial charge in [-0.25, -0.2) is 0 Å². The molecule has 1 aliphatic heterocycles. The van der Waals surface area contributed by atoms with Crippen molar-refractivity contribution in [2.45, 2.75) is 26.2 Å².